The molecule has 20 heavy (non-hydrogen) atoms. The molecule has 1 aromatic carbocycles. The molecule has 0 amide bonds. The highest BCUT2D eigenvalue weighted by molar-refractivity contribution is 5.60. The summed E-state index contributed by atoms with van der Waals surface area (Å²) in [5, 5.41) is 0. The lowest BCUT2D eigenvalue weighted by Crippen LogP contribution is -2.23. The SMILES string of the molecule is CCOc1ccc(-c2cccc(=O)n2CC(F)F)cc1. The predicted molar refractivity (Wildman–Crippen MR) is 73.3 cm³/mol. The molecule has 1 aromatic heterocycles. The highest BCUT2D eigenvalue weighted by Gasteiger charge is 2.11. The summed E-state index contributed by atoms with van der Waals surface area (Å²) in [5.41, 5.74) is 0.740. The average Bonchev–Trinajstić information content (AvgIpc) is 2.42. The minimum absolute atomic E-state index is 0.434. The monoisotopic (exact) mass is 279 g/mol. The highest BCUT2D eigenvalue weighted by atomic mass is 19.3. The van der Waals surface area contributed by atoms with E-state index in [4.69, 9.17) is 4.74 Å². The Hall–Kier alpha value is -2.17. The van der Waals surface area contributed by atoms with Gasteiger partial charge in [-0.15, -0.1) is 0 Å². The van der Waals surface area contributed by atoms with Crippen LogP contribution in [0.5, 0.6) is 5.75 Å². The Morgan fingerprint density at radius 3 is 2.45 bits per heavy atom. The van der Waals surface area contributed by atoms with Crippen molar-refractivity contribution in [2.24, 2.45) is 0 Å². The standard InChI is InChI=1S/C15H15F2NO2/c1-2-20-12-8-6-11(7-9-12)13-4-3-5-15(19)18(13)10-14(16)17/h3-9,14H,2,10H2,1H3. The van der Waals surface area contributed by atoms with E-state index < -0.39 is 18.5 Å². The van der Waals surface area contributed by atoms with Crippen LogP contribution < -0.4 is 10.3 Å². The molecule has 0 spiro atoms. The molecule has 0 aliphatic heterocycles. The van der Waals surface area contributed by atoms with Crippen molar-refractivity contribution in [2.45, 2.75) is 19.9 Å². The molecule has 3 nitrogen and oxygen atoms in total. The van der Waals surface area contributed by atoms with Gasteiger partial charge in [0, 0.05) is 6.07 Å². The van der Waals surface area contributed by atoms with Gasteiger partial charge in [-0.05, 0) is 42.8 Å². The van der Waals surface area contributed by atoms with E-state index in [1.165, 1.54) is 6.07 Å². The Kier molecular flexibility index (Phi) is 4.50. The molecular formula is C15H15F2NO2. The average molecular weight is 279 g/mol. The van der Waals surface area contributed by atoms with Crippen molar-refractivity contribution in [3.8, 4) is 17.0 Å². The first-order valence-electron chi connectivity index (χ1n) is 6.33. The van der Waals surface area contributed by atoms with E-state index >= 15 is 0 Å². The molecule has 0 saturated carbocycles. The Morgan fingerprint density at radius 1 is 1.15 bits per heavy atom. The summed E-state index contributed by atoms with van der Waals surface area (Å²) in [7, 11) is 0. The maximum absolute atomic E-state index is 12.6. The largest absolute Gasteiger partial charge is 0.494 e. The third kappa shape index (κ3) is 3.23. The van der Waals surface area contributed by atoms with Crippen LogP contribution in [0, 0.1) is 0 Å². The molecule has 0 fully saturated rings. The smallest absolute Gasteiger partial charge is 0.256 e. The van der Waals surface area contributed by atoms with Gasteiger partial charge in [0.2, 0.25) is 0 Å². The number of rotatable bonds is 5. The fourth-order valence-electron chi connectivity index (χ4n) is 1.99. The molecule has 0 unspecified atom stereocenters. The first-order chi connectivity index (χ1) is 9.61. The van der Waals surface area contributed by atoms with Crippen LogP contribution in [0.15, 0.2) is 47.3 Å². The number of benzene rings is 1. The van der Waals surface area contributed by atoms with Crippen molar-refractivity contribution in [3.05, 3.63) is 52.8 Å². The van der Waals surface area contributed by atoms with Crippen LogP contribution in [0.2, 0.25) is 0 Å². The number of alkyl halides is 2. The fourth-order valence-corrected chi connectivity index (χ4v) is 1.99. The molecule has 2 rings (SSSR count). The third-order valence-corrected chi connectivity index (χ3v) is 2.83. The first-order valence-corrected chi connectivity index (χ1v) is 6.33. The Morgan fingerprint density at radius 2 is 1.85 bits per heavy atom. The molecule has 0 radical (unpaired) electrons. The minimum atomic E-state index is -2.57. The summed E-state index contributed by atoms with van der Waals surface area (Å²) < 4.78 is 31.6. The molecule has 1 heterocycles. The minimum Gasteiger partial charge on any atom is -0.494 e. The number of nitrogens with zero attached hydrogens (tertiary/aromatic N) is 1. The Bertz CT molecular complexity index is 621. The Balaban J connectivity index is 2.41. The number of pyridine rings is 1. The lowest BCUT2D eigenvalue weighted by Gasteiger charge is -2.12. The number of hydrogen-bond donors (Lipinski definition) is 0. The Labute approximate surface area is 115 Å². The van der Waals surface area contributed by atoms with E-state index in [1.54, 1.807) is 36.4 Å². The van der Waals surface area contributed by atoms with Crippen molar-refractivity contribution in [1.82, 2.24) is 4.57 Å². The summed E-state index contributed by atoms with van der Waals surface area (Å²) >= 11 is 0. The van der Waals surface area contributed by atoms with E-state index in [-0.39, 0.29) is 0 Å². The number of halogens is 2. The van der Waals surface area contributed by atoms with Crippen LogP contribution in [-0.2, 0) is 6.54 Å². The van der Waals surface area contributed by atoms with Crippen molar-refractivity contribution in [2.75, 3.05) is 6.61 Å². The maximum Gasteiger partial charge on any atom is 0.256 e. The van der Waals surface area contributed by atoms with E-state index in [1.807, 2.05) is 6.92 Å². The third-order valence-electron chi connectivity index (χ3n) is 2.83. The fraction of sp³-hybridized carbons (Fsp3) is 0.267. The molecule has 0 aliphatic rings. The van der Waals surface area contributed by atoms with Crippen molar-refractivity contribution < 1.29 is 13.5 Å². The summed E-state index contributed by atoms with van der Waals surface area (Å²) in [6, 6.07) is 11.5. The summed E-state index contributed by atoms with van der Waals surface area (Å²) in [4.78, 5) is 11.7. The zero-order valence-electron chi connectivity index (χ0n) is 11.1. The zero-order chi connectivity index (χ0) is 14.5. The zero-order valence-corrected chi connectivity index (χ0v) is 11.1. The molecule has 2 aromatic rings. The highest BCUT2D eigenvalue weighted by Crippen LogP contribution is 2.22. The molecule has 106 valence electrons. The number of hydrogen-bond acceptors (Lipinski definition) is 2. The number of aromatic nitrogens is 1. The summed E-state index contributed by atoms with van der Waals surface area (Å²) in [6.45, 7) is 1.83. The lowest BCUT2D eigenvalue weighted by atomic mass is 10.1. The van der Waals surface area contributed by atoms with E-state index in [2.05, 4.69) is 0 Å². The predicted octanol–water partition coefficient (Wildman–Crippen LogP) is 3.18. The van der Waals surface area contributed by atoms with Gasteiger partial charge in [0.1, 0.15) is 5.75 Å². The molecule has 0 aliphatic carbocycles. The van der Waals surface area contributed by atoms with Crippen molar-refractivity contribution >= 4 is 0 Å². The van der Waals surface area contributed by atoms with Gasteiger partial charge in [0.25, 0.3) is 12.0 Å². The van der Waals surface area contributed by atoms with Gasteiger partial charge in [0.05, 0.1) is 18.8 Å². The normalized spacial score (nSPS) is 10.8. The number of ether oxygens (including phenoxy) is 1. The van der Waals surface area contributed by atoms with E-state index in [9.17, 15) is 13.6 Å². The molecule has 0 saturated heterocycles. The lowest BCUT2D eigenvalue weighted by molar-refractivity contribution is 0.126. The van der Waals surface area contributed by atoms with E-state index in [0.29, 0.717) is 23.6 Å². The van der Waals surface area contributed by atoms with Gasteiger partial charge in [-0.3, -0.25) is 4.79 Å². The van der Waals surface area contributed by atoms with Crippen LogP contribution in [0.4, 0.5) is 8.78 Å². The van der Waals surface area contributed by atoms with Gasteiger partial charge in [-0.1, -0.05) is 6.07 Å². The molecule has 0 bridgehead atoms. The molecule has 0 atom stereocenters. The van der Waals surface area contributed by atoms with Crippen molar-refractivity contribution in [3.63, 3.8) is 0 Å². The van der Waals surface area contributed by atoms with Crippen LogP contribution in [-0.4, -0.2) is 17.6 Å². The van der Waals surface area contributed by atoms with Gasteiger partial charge in [-0.25, -0.2) is 8.78 Å². The van der Waals surface area contributed by atoms with Crippen LogP contribution in [0.3, 0.4) is 0 Å². The van der Waals surface area contributed by atoms with Gasteiger partial charge in [0.15, 0.2) is 0 Å². The topological polar surface area (TPSA) is 31.2 Å². The maximum atomic E-state index is 12.6. The quantitative estimate of drug-likeness (QED) is 0.841. The molecule has 5 heteroatoms. The summed E-state index contributed by atoms with van der Waals surface area (Å²) in [5.74, 6) is 0.704. The second-order valence-corrected chi connectivity index (χ2v) is 4.21. The van der Waals surface area contributed by atoms with Crippen LogP contribution in [0.1, 0.15) is 6.92 Å². The van der Waals surface area contributed by atoms with Crippen LogP contribution >= 0.6 is 0 Å². The van der Waals surface area contributed by atoms with Crippen LogP contribution in [0.25, 0.3) is 11.3 Å². The second-order valence-electron chi connectivity index (χ2n) is 4.21. The van der Waals surface area contributed by atoms with E-state index in [0.717, 1.165) is 4.57 Å². The molecular weight excluding hydrogens is 264 g/mol. The summed E-state index contributed by atoms with van der Waals surface area (Å²) in [6.07, 6.45) is -2.57. The van der Waals surface area contributed by atoms with Gasteiger partial charge in [-0.2, -0.15) is 0 Å². The van der Waals surface area contributed by atoms with Gasteiger partial charge >= 0.3 is 0 Å². The second kappa shape index (κ2) is 6.32. The molecule has 0 N–H and O–H groups in total. The first kappa shape index (κ1) is 14.2. The van der Waals surface area contributed by atoms with Crippen molar-refractivity contribution in [1.29, 1.82) is 0 Å². The van der Waals surface area contributed by atoms with Gasteiger partial charge < -0.3 is 9.30 Å².